The Morgan fingerprint density at radius 3 is 2.70 bits per heavy atom. The fourth-order valence-electron chi connectivity index (χ4n) is 1.61. The lowest BCUT2D eigenvalue weighted by molar-refractivity contribution is -0.120. The number of rotatable bonds is 5. The molecule has 0 aliphatic carbocycles. The number of nitrogens with two attached hydrogens (primary N) is 1. The number of hydrogen-bond acceptors (Lipinski definition) is 6. The number of nitrogens with zero attached hydrogens (tertiary/aromatic N) is 2. The first-order chi connectivity index (χ1) is 9.35. The number of hydrogen-bond donors (Lipinski definition) is 2. The first-order valence-electron chi connectivity index (χ1n) is 6.19. The number of carbonyl (C=O) groups is 2. The lowest BCUT2D eigenvalue weighted by Gasteiger charge is -2.19. The second-order valence-corrected chi connectivity index (χ2v) is 4.70. The highest BCUT2D eigenvalue weighted by Gasteiger charge is 2.15. The molecule has 0 atom stereocenters. The summed E-state index contributed by atoms with van der Waals surface area (Å²) in [5.41, 5.74) is 6.14. The van der Waals surface area contributed by atoms with E-state index in [9.17, 15) is 9.59 Å². The predicted octanol–water partition coefficient (Wildman–Crippen LogP) is 0.411. The number of likely N-dealkylation sites (N-methyl/N-ethyl adjacent to an activating group) is 1. The van der Waals surface area contributed by atoms with Gasteiger partial charge in [-0.3, -0.25) is 4.79 Å². The van der Waals surface area contributed by atoms with Gasteiger partial charge in [0, 0.05) is 13.1 Å². The summed E-state index contributed by atoms with van der Waals surface area (Å²) in [5, 5.41) is 2.78. The first kappa shape index (κ1) is 15.7. The van der Waals surface area contributed by atoms with Crippen LogP contribution in [0, 0.1) is 0 Å². The van der Waals surface area contributed by atoms with Crippen molar-refractivity contribution in [1.29, 1.82) is 0 Å². The zero-order valence-electron chi connectivity index (χ0n) is 12.1. The summed E-state index contributed by atoms with van der Waals surface area (Å²) < 4.78 is 4.64. The summed E-state index contributed by atoms with van der Waals surface area (Å²) in [6.07, 6.45) is 1.37. The minimum atomic E-state index is -0.536. The molecule has 7 heteroatoms. The number of carbonyl (C=O) groups excluding carboxylic acids is 2. The number of nitrogen functional groups attached to an aromatic ring is 1. The largest absolute Gasteiger partial charge is 0.465 e. The van der Waals surface area contributed by atoms with Gasteiger partial charge in [-0.1, -0.05) is 0 Å². The van der Waals surface area contributed by atoms with Gasteiger partial charge in [-0.15, -0.1) is 0 Å². The number of pyridine rings is 1. The maximum absolute atomic E-state index is 11.7. The second kappa shape index (κ2) is 6.74. The van der Waals surface area contributed by atoms with Crippen LogP contribution in [0.4, 0.5) is 11.5 Å². The minimum absolute atomic E-state index is 0.0703. The third-order valence-electron chi connectivity index (χ3n) is 2.55. The number of methoxy groups -OCH3 is 1. The summed E-state index contributed by atoms with van der Waals surface area (Å²) >= 11 is 0. The zero-order chi connectivity index (χ0) is 15.3. The quantitative estimate of drug-likeness (QED) is 0.758. The molecule has 0 radical (unpaired) electrons. The third kappa shape index (κ3) is 4.11. The van der Waals surface area contributed by atoms with E-state index in [2.05, 4.69) is 15.0 Å². The SMILES string of the molecule is COC(=O)c1cc(N(C)CC(=O)NC(C)C)ncc1N. The summed E-state index contributed by atoms with van der Waals surface area (Å²) in [4.78, 5) is 29.0. The molecule has 0 saturated heterocycles. The van der Waals surface area contributed by atoms with Gasteiger partial charge in [-0.25, -0.2) is 9.78 Å². The number of nitrogens with one attached hydrogen (secondary N) is 1. The van der Waals surface area contributed by atoms with E-state index >= 15 is 0 Å². The van der Waals surface area contributed by atoms with Crippen LogP contribution < -0.4 is 16.0 Å². The Morgan fingerprint density at radius 2 is 2.15 bits per heavy atom. The van der Waals surface area contributed by atoms with Crippen molar-refractivity contribution in [2.75, 3.05) is 31.3 Å². The molecule has 3 N–H and O–H groups in total. The van der Waals surface area contributed by atoms with Crippen molar-refractivity contribution in [3.8, 4) is 0 Å². The Hall–Kier alpha value is -2.31. The second-order valence-electron chi connectivity index (χ2n) is 4.70. The van der Waals surface area contributed by atoms with Crippen molar-refractivity contribution in [3.63, 3.8) is 0 Å². The third-order valence-corrected chi connectivity index (χ3v) is 2.55. The molecule has 0 fully saturated rings. The maximum Gasteiger partial charge on any atom is 0.340 e. The molecule has 1 aromatic heterocycles. The van der Waals surface area contributed by atoms with Crippen LogP contribution in [0.25, 0.3) is 0 Å². The molecule has 0 aromatic carbocycles. The molecule has 1 heterocycles. The molecule has 7 nitrogen and oxygen atoms in total. The van der Waals surface area contributed by atoms with Crippen LogP contribution in [0.2, 0.25) is 0 Å². The van der Waals surface area contributed by atoms with Crippen molar-refractivity contribution in [2.24, 2.45) is 0 Å². The normalized spacial score (nSPS) is 10.2. The number of esters is 1. The molecular formula is C13H20N4O3. The van der Waals surface area contributed by atoms with Gasteiger partial charge >= 0.3 is 5.97 Å². The zero-order valence-corrected chi connectivity index (χ0v) is 12.1. The van der Waals surface area contributed by atoms with Gasteiger partial charge in [0.05, 0.1) is 31.1 Å². The Bertz CT molecular complexity index is 502. The van der Waals surface area contributed by atoms with Crippen LogP contribution in [-0.4, -0.2) is 43.6 Å². The van der Waals surface area contributed by atoms with Crippen molar-refractivity contribution >= 4 is 23.4 Å². The standard InChI is InChI=1S/C13H20N4O3/c1-8(2)16-12(18)7-17(3)11-5-9(13(19)20-4)10(14)6-15-11/h5-6,8H,7,14H2,1-4H3,(H,16,18). The predicted molar refractivity (Wildman–Crippen MR) is 76.5 cm³/mol. The first-order valence-corrected chi connectivity index (χ1v) is 6.19. The van der Waals surface area contributed by atoms with Gasteiger partial charge in [-0.05, 0) is 19.9 Å². The Kier molecular flexibility index (Phi) is 5.31. The fourth-order valence-corrected chi connectivity index (χ4v) is 1.61. The van der Waals surface area contributed by atoms with Crippen LogP contribution in [0.15, 0.2) is 12.3 Å². The Labute approximate surface area is 118 Å². The van der Waals surface area contributed by atoms with Gasteiger partial charge in [0.25, 0.3) is 0 Å². The molecular weight excluding hydrogens is 260 g/mol. The van der Waals surface area contributed by atoms with Crippen LogP contribution in [-0.2, 0) is 9.53 Å². The molecule has 0 aliphatic rings. The van der Waals surface area contributed by atoms with Gasteiger partial charge in [0.15, 0.2) is 0 Å². The van der Waals surface area contributed by atoms with Crippen molar-refractivity contribution in [3.05, 3.63) is 17.8 Å². The monoisotopic (exact) mass is 280 g/mol. The van der Waals surface area contributed by atoms with E-state index in [0.717, 1.165) is 0 Å². The van der Waals surface area contributed by atoms with Crippen molar-refractivity contribution in [2.45, 2.75) is 19.9 Å². The minimum Gasteiger partial charge on any atom is -0.465 e. The summed E-state index contributed by atoms with van der Waals surface area (Å²) in [6.45, 7) is 3.90. The van der Waals surface area contributed by atoms with Gasteiger partial charge in [-0.2, -0.15) is 0 Å². The molecule has 110 valence electrons. The van der Waals surface area contributed by atoms with Gasteiger partial charge in [0.2, 0.25) is 5.91 Å². The van der Waals surface area contributed by atoms with E-state index in [0.29, 0.717) is 5.82 Å². The van der Waals surface area contributed by atoms with Crippen LogP contribution in [0.3, 0.4) is 0 Å². The molecule has 0 bridgehead atoms. The number of anilines is 2. The Morgan fingerprint density at radius 1 is 1.50 bits per heavy atom. The van der Waals surface area contributed by atoms with E-state index in [-0.39, 0.29) is 29.7 Å². The van der Waals surface area contributed by atoms with Gasteiger partial charge in [0.1, 0.15) is 5.82 Å². The van der Waals surface area contributed by atoms with Crippen molar-refractivity contribution < 1.29 is 14.3 Å². The van der Waals surface area contributed by atoms with Crippen LogP contribution >= 0.6 is 0 Å². The average molecular weight is 280 g/mol. The molecule has 1 amide bonds. The Balaban J connectivity index is 2.86. The lowest BCUT2D eigenvalue weighted by atomic mass is 10.2. The summed E-state index contributed by atoms with van der Waals surface area (Å²) in [5.74, 6) is -0.189. The van der Waals surface area contributed by atoms with E-state index in [1.54, 1.807) is 11.9 Å². The maximum atomic E-state index is 11.7. The fraction of sp³-hybridized carbons (Fsp3) is 0.462. The van der Waals surface area contributed by atoms with Crippen LogP contribution in [0.1, 0.15) is 24.2 Å². The molecule has 0 spiro atoms. The van der Waals surface area contributed by atoms with E-state index in [4.69, 9.17) is 5.73 Å². The molecule has 20 heavy (non-hydrogen) atoms. The molecule has 1 rings (SSSR count). The summed E-state index contributed by atoms with van der Waals surface area (Å²) in [6, 6.07) is 1.57. The van der Waals surface area contributed by atoms with Crippen molar-refractivity contribution in [1.82, 2.24) is 10.3 Å². The number of ether oxygens (including phenoxy) is 1. The smallest absolute Gasteiger partial charge is 0.340 e. The molecule has 0 aliphatic heterocycles. The van der Waals surface area contributed by atoms with Crippen LogP contribution in [0.5, 0.6) is 0 Å². The van der Waals surface area contributed by atoms with E-state index < -0.39 is 5.97 Å². The topological polar surface area (TPSA) is 97.5 Å². The number of amides is 1. The highest BCUT2D eigenvalue weighted by atomic mass is 16.5. The molecule has 1 aromatic rings. The number of aromatic nitrogens is 1. The highest BCUT2D eigenvalue weighted by Crippen LogP contribution is 2.18. The molecule has 0 unspecified atom stereocenters. The average Bonchev–Trinajstić information content (AvgIpc) is 2.37. The van der Waals surface area contributed by atoms with E-state index in [1.165, 1.54) is 19.4 Å². The molecule has 0 saturated carbocycles. The van der Waals surface area contributed by atoms with E-state index in [1.807, 2.05) is 13.8 Å². The van der Waals surface area contributed by atoms with Gasteiger partial charge < -0.3 is 20.7 Å². The summed E-state index contributed by atoms with van der Waals surface area (Å²) in [7, 11) is 2.99. The lowest BCUT2D eigenvalue weighted by Crippen LogP contribution is -2.38. The highest BCUT2D eigenvalue weighted by molar-refractivity contribution is 5.95.